The van der Waals surface area contributed by atoms with E-state index in [1.54, 1.807) is 0 Å². The van der Waals surface area contributed by atoms with Crippen molar-refractivity contribution in [2.24, 2.45) is 0 Å². The van der Waals surface area contributed by atoms with E-state index < -0.39 is 0 Å². The topological polar surface area (TPSA) is 51.6 Å². The highest BCUT2D eigenvalue weighted by molar-refractivity contribution is 5.21. The summed E-state index contributed by atoms with van der Waals surface area (Å²) in [6.07, 6.45) is 4.55. The van der Waals surface area contributed by atoms with Crippen molar-refractivity contribution in [2.45, 2.75) is 46.0 Å². The average molecular weight is 256 g/mol. The van der Waals surface area contributed by atoms with Crippen molar-refractivity contribution < 1.29 is 0 Å². The number of rotatable bonds is 4. The molecule has 0 spiro atoms. The first kappa shape index (κ1) is 13.6. The highest BCUT2D eigenvalue weighted by Gasteiger charge is 2.10. The third-order valence-electron chi connectivity index (χ3n) is 3.28. The molecule has 0 aromatic carbocycles. The summed E-state index contributed by atoms with van der Waals surface area (Å²) in [6, 6.07) is 4.23. The van der Waals surface area contributed by atoms with Crippen molar-refractivity contribution >= 4 is 0 Å². The molecule has 0 radical (unpaired) electrons. The van der Waals surface area contributed by atoms with E-state index in [1.165, 1.54) is 11.1 Å². The van der Waals surface area contributed by atoms with Gasteiger partial charge in [-0.25, -0.2) is 0 Å². The Hall–Kier alpha value is -1.84. The molecule has 2 rings (SSSR count). The summed E-state index contributed by atoms with van der Waals surface area (Å²) in [4.78, 5) is 0. The minimum atomic E-state index is 0.367. The van der Waals surface area contributed by atoms with Crippen LogP contribution in [0.1, 0.15) is 55.1 Å². The predicted octanol–water partition coefficient (Wildman–Crippen LogP) is 3.04. The van der Waals surface area contributed by atoms with Gasteiger partial charge < -0.3 is 0 Å². The van der Waals surface area contributed by atoms with Crippen LogP contribution in [0.4, 0.5) is 0 Å². The Labute approximate surface area is 114 Å². The molecule has 0 N–H and O–H groups in total. The molecule has 4 nitrogen and oxygen atoms in total. The smallest absolute Gasteiger partial charge is 0.0639 e. The van der Waals surface area contributed by atoms with Crippen molar-refractivity contribution in [1.82, 2.24) is 20.4 Å². The Kier molecular flexibility index (Phi) is 4.20. The number of aryl methyl sites for hydroxylation is 1. The second kappa shape index (κ2) is 5.87. The Morgan fingerprint density at radius 2 is 1.63 bits per heavy atom. The molecule has 100 valence electrons. The first-order valence-corrected chi connectivity index (χ1v) is 6.67. The normalized spacial score (nSPS) is 12.7. The molecular weight excluding hydrogens is 236 g/mol. The second-order valence-corrected chi connectivity index (χ2v) is 5.37. The second-order valence-electron chi connectivity index (χ2n) is 5.37. The van der Waals surface area contributed by atoms with Crippen LogP contribution in [0.2, 0.25) is 0 Å². The Balaban J connectivity index is 2.14. The van der Waals surface area contributed by atoms with Gasteiger partial charge in [0.1, 0.15) is 0 Å². The quantitative estimate of drug-likeness (QED) is 0.843. The van der Waals surface area contributed by atoms with Gasteiger partial charge in [-0.3, -0.25) is 0 Å². The van der Waals surface area contributed by atoms with E-state index >= 15 is 0 Å². The van der Waals surface area contributed by atoms with E-state index in [0.29, 0.717) is 11.8 Å². The summed E-state index contributed by atoms with van der Waals surface area (Å²) < 4.78 is 0. The maximum absolute atomic E-state index is 4.22. The fourth-order valence-corrected chi connectivity index (χ4v) is 2.04. The van der Waals surface area contributed by atoms with Crippen LogP contribution >= 0.6 is 0 Å². The van der Waals surface area contributed by atoms with E-state index in [4.69, 9.17) is 0 Å². The monoisotopic (exact) mass is 256 g/mol. The van der Waals surface area contributed by atoms with Gasteiger partial charge in [0.05, 0.1) is 23.8 Å². The van der Waals surface area contributed by atoms with Gasteiger partial charge in [-0.15, -0.1) is 0 Å². The number of aromatic nitrogens is 4. The molecule has 19 heavy (non-hydrogen) atoms. The summed E-state index contributed by atoms with van der Waals surface area (Å²) in [5.74, 6) is 0.848. The molecule has 0 saturated carbocycles. The molecule has 1 atom stereocenters. The van der Waals surface area contributed by atoms with Crippen molar-refractivity contribution in [3.05, 3.63) is 47.0 Å². The number of hydrogen-bond acceptors (Lipinski definition) is 4. The standard InChI is InChI=1S/C15H20N4/c1-10(2)13-7-15(19-17-8-13)5-11(3)14-6-12(4)18-16-9-14/h6-11H,5H2,1-4H3. The van der Waals surface area contributed by atoms with Gasteiger partial charge in [0, 0.05) is 0 Å². The van der Waals surface area contributed by atoms with Crippen LogP contribution in [0, 0.1) is 6.92 Å². The largest absolute Gasteiger partial charge is 0.159 e. The lowest BCUT2D eigenvalue weighted by molar-refractivity contribution is 0.708. The summed E-state index contributed by atoms with van der Waals surface area (Å²) in [7, 11) is 0. The molecule has 0 aliphatic carbocycles. The lowest BCUT2D eigenvalue weighted by Crippen LogP contribution is -2.04. The maximum Gasteiger partial charge on any atom is 0.0639 e. The highest BCUT2D eigenvalue weighted by atomic mass is 15.1. The zero-order valence-corrected chi connectivity index (χ0v) is 12.0. The first-order chi connectivity index (χ1) is 9.06. The zero-order valence-electron chi connectivity index (χ0n) is 12.0. The van der Waals surface area contributed by atoms with Crippen LogP contribution in [0.5, 0.6) is 0 Å². The molecule has 0 aliphatic rings. The zero-order chi connectivity index (χ0) is 13.8. The van der Waals surface area contributed by atoms with E-state index in [2.05, 4.69) is 53.3 Å². The van der Waals surface area contributed by atoms with Crippen LogP contribution in [-0.4, -0.2) is 20.4 Å². The minimum absolute atomic E-state index is 0.367. The summed E-state index contributed by atoms with van der Waals surface area (Å²) in [5.41, 5.74) is 4.42. The predicted molar refractivity (Wildman–Crippen MR) is 75.0 cm³/mol. The van der Waals surface area contributed by atoms with Crippen LogP contribution < -0.4 is 0 Å². The third-order valence-corrected chi connectivity index (χ3v) is 3.28. The Morgan fingerprint density at radius 3 is 2.32 bits per heavy atom. The maximum atomic E-state index is 4.22. The van der Waals surface area contributed by atoms with Gasteiger partial charge in [-0.1, -0.05) is 20.8 Å². The van der Waals surface area contributed by atoms with Gasteiger partial charge in [-0.05, 0) is 48.4 Å². The van der Waals surface area contributed by atoms with Crippen LogP contribution in [0.15, 0.2) is 24.5 Å². The molecular formula is C15H20N4. The Morgan fingerprint density at radius 1 is 0.947 bits per heavy atom. The van der Waals surface area contributed by atoms with Gasteiger partial charge in [0.15, 0.2) is 0 Å². The molecule has 0 amide bonds. The molecule has 2 aromatic heterocycles. The third kappa shape index (κ3) is 3.56. The molecule has 0 bridgehead atoms. The Bertz CT molecular complexity index is 551. The first-order valence-electron chi connectivity index (χ1n) is 6.67. The fourth-order valence-electron chi connectivity index (χ4n) is 2.04. The van der Waals surface area contributed by atoms with Crippen molar-refractivity contribution in [1.29, 1.82) is 0 Å². The van der Waals surface area contributed by atoms with Gasteiger partial charge in [-0.2, -0.15) is 20.4 Å². The van der Waals surface area contributed by atoms with E-state index in [-0.39, 0.29) is 0 Å². The lowest BCUT2D eigenvalue weighted by Gasteiger charge is -2.12. The molecule has 0 fully saturated rings. The van der Waals surface area contributed by atoms with Crippen LogP contribution in [-0.2, 0) is 6.42 Å². The van der Waals surface area contributed by atoms with E-state index in [0.717, 1.165) is 17.8 Å². The SMILES string of the molecule is Cc1cc(C(C)Cc2cc(C(C)C)cnn2)cnn1. The summed E-state index contributed by atoms with van der Waals surface area (Å²) in [5, 5.41) is 16.3. The molecule has 0 aliphatic heterocycles. The van der Waals surface area contributed by atoms with Crippen molar-refractivity contribution in [3.8, 4) is 0 Å². The van der Waals surface area contributed by atoms with Gasteiger partial charge in [0.25, 0.3) is 0 Å². The molecule has 0 saturated heterocycles. The van der Waals surface area contributed by atoms with Crippen molar-refractivity contribution in [2.75, 3.05) is 0 Å². The average Bonchev–Trinajstić information content (AvgIpc) is 2.39. The lowest BCUT2D eigenvalue weighted by atomic mass is 9.96. The van der Waals surface area contributed by atoms with Crippen LogP contribution in [0.25, 0.3) is 0 Å². The van der Waals surface area contributed by atoms with Crippen LogP contribution in [0.3, 0.4) is 0 Å². The molecule has 2 aromatic rings. The summed E-state index contributed by atoms with van der Waals surface area (Å²) in [6.45, 7) is 8.48. The van der Waals surface area contributed by atoms with Crippen molar-refractivity contribution in [3.63, 3.8) is 0 Å². The van der Waals surface area contributed by atoms with Gasteiger partial charge >= 0.3 is 0 Å². The fraction of sp³-hybridized carbons (Fsp3) is 0.467. The summed E-state index contributed by atoms with van der Waals surface area (Å²) >= 11 is 0. The minimum Gasteiger partial charge on any atom is -0.159 e. The highest BCUT2D eigenvalue weighted by Crippen LogP contribution is 2.20. The van der Waals surface area contributed by atoms with E-state index in [9.17, 15) is 0 Å². The number of hydrogen-bond donors (Lipinski definition) is 0. The number of nitrogens with zero attached hydrogens (tertiary/aromatic N) is 4. The molecule has 2 heterocycles. The van der Waals surface area contributed by atoms with E-state index in [1.807, 2.05) is 19.3 Å². The molecule has 4 heteroatoms. The van der Waals surface area contributed by atoms with Gasteiger partial charge in [0.2, 0.25) is 0 Å². The molecule has 1 unspecified atom stereocenters.